The summed E-state index contributed by atoms with van der Waals surface area (Å²) in [5, 5.41) is 4.40. The smallest absolute Gasteiger partial charge is 0.222 e. The molecule has 1 heterocycles. The van der Waals surface area contributed by atoms with Gasteiger partial charge in [-0.3, -0.25) is 4.79 Å². The van der Waals surface area contributed by atoms with E-state index in [1.54, 1.807) is 0 Å². The van der Waals surface area contributed by atoms with E-state index >= 15 is 0 Å². The van der Waals surface area contributed by atoms with E-state index < -0.39 is 0 Å². The average Bonchev–Trinajstić information content (AvgIpc) is 2.44. The van der Waals surface area contributed by atoms with Crippen molar-refractivity contribution in [2.75, 3.05) is 26.2 Å². The van der Waals surface area contributed by atoms with Gasteiger partial charge < -0.3 is 10.2 Å². The summed E-state index contributed by atoms with van der Waals surface area (Å²) in [7, 11) is 0. The molecule has 1 aliphatic heterocycles. The van der Waals surface area contributed by atoms with Crippen LogP contribution in [0.15, 0.2) is 18.2 Å². The van der Waals surface area contributed by atoms with Gasteiger partial charge in [-0.1, -0.05) is 36.2 Å². The molecule has 2 rings (SSSR count). The van der Waals surface area contributed by atoms with Crippen LogP contribution in [0, 0.1) is 5.92 Å². The van der Waals surface area contributed by atoms with Crippen LogP contribution in [0.3, 0.4) is 0 Å². The summed E-state index contributed by atoms with van der Waals surface area (Å²) in [6, 6.07) is 5.67. The zero-order valence-corrected chi connectivity index (χ0v) is 13.2. The number of amides is 1. The number of carbonyl (C=O) groups is 1. The third kappa shape index (κ3) is 4.37. The molecule has 3 nitrogen and oxygen atoms in total. The van der Waals surface area contributed by atoms with Gasteiger partial charge in [0.15, 0.2) is 0 Å². The fourth-order valence-electron chi connectivity index (χ4n) is 2.48. The molecule has 0 radical (unpaired) electrons. The maximum absolute atomic E-state index is 12.2. The van der Waals surface area contributed by atoms with Crippen LogP contribution in [0.25, 0.3) is 0 Å². The third-order valence-corrected chi connectivity index (χ3v) is 4.30. The molecule has 1 N–H and O–H groups in total. The molecule has 0 aromatic heterocycles. The first kappa shape index (κ1) is 15.6. The Kier molecular flexibility index (Phi) is 5.70. The normalized spacial score (nSPS) is 17.1. The maximum Gasteiger partial charge on any atom is 0.222 e. The van der Waals surface area contributed by atoms with E-state index in [1.807, 2.05) is 23.1 Å². The fraction of sp³-hybridized carbons (Fsp3) is 0.533. The van der Waals surface area contributed by atoms with E-state index in [9.17, 15) is 4.79 Å². The Bertz CT molecular complexity index is 473. The third-order valence-electron chi connectivity index (χ3n) is 3.56. The highest BCUT2D eigenvalue weighted by molar-refractivity contribution is 6.42. The summed E-state index contributed by atoms with van der Waals surface area (Å²) in [6.07, 6.45) is 1.43. The molecule has 110 valence electrons. The predicted molar refractivity (Wildman–Crippen MR) is 83.4 cm³/mol. The van der Waals surface area contributed by atoms with Crippen molar-refractivity contribution in [3.8, 4) is 0 Å². The molecule has 1 saturated heterocycles. The van der Waals surface area contributed by atoms with Gasteiger partial charge in [0.25, 0.3) is 0 Å². The van der Waals surface area contributed by atoms with E-state index in [1.165, 1.54) is 0 Å². The maximum atomic E-state index is 12.2. The first-order valence-electron chi connectivity index (χ1n) is 6.98. The van der Waals surface area contributed by atoms with Gasteiger partial charge in [0.1, 0.15) is 0 Å². The molecular weight excluding hydrogens is 295 g/mol. The van der Waals surface area contributed by atoms with Crippen molar-refractivity contribution in [3.05, 3.63) is 33.8 Å². The molecule has 0 spiro atoms. The lowest BCUT2D eigenvalue weighted by molar-refractivity contribution is -0.132. The second-order valence-electron chi connectivity index (χ2n) is 5.39. The van der Waals surface area contributed by atoms with Gasteiger partial charge in [0.2, 0.25) is 5.91 Å². The Morgan fingerprint density at radius 1 is 1.30 bits per heavy atom. The second-order valence-corrected chi connectivity index (χ2v) is 6.21. The second kappa shape index (κ2) is 7.30. The average molecular weight is 315 g/mol. The highest BCUT2D eigenvalue weighted by Gasteiger charge is 2.18. The van der Waals surface area contributed by atoms with Crippen LogP contribution in [0.5, 0.6) is 0 Å². The number of hydrogen-bond donors (Lipinski definition) is 1. The van der Waals surface area contributed by atoms with Crippen LogP contribution in [0.2, 0.25) is 10.0 Å². The Morgan fingerprint density at radius 2 is 2.00 bits per heavy atom. The number of benzene rings is 1. The standard InChI is InChI=1S/C15H20Cl2N2O/c1-11(8-12-2-3-13(16)14(17)10-12)9-15(20)19-6-4-18-5-7-19/h2-3,10-11,18H,4-9H2,1H3. The minimum absolute atomic E-state index is 0.249. The van der Waals surface area contributed by atoms with Crippen LogP contribution < -0.4 is 5.32 Å². The topological polar surface area (TPSA) is 32.3 Å². The molecule has 1 aliphatic rings. The summed E-state index contributed by atoms with van der Waals surface area (Å²) in [6.45, 7) is 5.53. The van der Waals surface area contributed by atoms with Crippen molar-refractivity contribution in [2.24, 2.45) is 5.92 Å². The van der Waals surface area contributed by atoms with Gasteiger partial charge in [-0.25, -0.2) is 0 Å². The molecule has 1 fully saturated rings. The molecule has 0 bridgehead atoms. The predicted octanol–water partition coefficient (Wildman–Crippen LogP) is 2.99. The van der Waals surface area contributed by atoms with Crippen LogP contribution >= 0.6 is 23.2 Å². The number of hydrogen-bond acceptors (Lipinski definition) is 2. The first-order valence-corrected chi connectivity index (χ1v) is 7.74. The van der Waals surface area contributed by atoms with Crippen molar-refractivity contribution in [1.82, 2.24) is 10.2 Å². The summed E-state index contributed by atoms with van der Waals surface area (Å²) >= 11 is 11.9. The molecule has 0 aliphatic carbocycles. The summed E-state index contributed by atoms with van der Waals surface area (Å²) in [4.78, 5) is 14.1. The molecule has 1 unspecified atom stereocenters. The van der Waals surface area contributed by atoms with E-state index in [0.717, 1.165) is 38.2 Å². The Balaban J connectivity index is 1.86. The zero-order chi connectivity index (χ0) is 14.5. The van der Waals surface area contributed by atoms with Gasteiger partial charge in [-0.15, -0.1) is 0 Å². The van der Waals surface area contributed by atoms with Gasteiger partial charge in [-0.05, 0) is 30.0 Å². The number of carbonyl (C=O) groups excluding carboxylic acids is 1. The lowest BCUT2D eigenvalue weighted by Crippen LogP contribution is -2.46. The van der Waals surface area contributed by atoms with Crippen LogP contribution in [-0.2, 0) is 11.2 Å². The lowest BCUT2D eigenvalue weighted by atomic mass is 9.97. The molecule has 1 aromatic carbocycles. The van der Waals surface area contributed by atoms with Gasteiger partial charge >= 0.3 is 0 Å². The van der Waals surface area contributed by atoms with Crippen molar-refractivity contribution >= 4 is 29.1 Å². The largest absolute Gasteiger partial charge is 0.340 e. The van der Waals surface area contributed by atoms with Crippen LogP contribution in [-0.4, -0.2) is 37.0 Å². The first-order chi connectivity index (χ1) is 9.56. The van der Waals surface area contributed by atoms with E-state index in [-0.39, 0.29) is 5.91 Å². The monoisotopic (exact) mass is 314 g/mol. The number of nitrogens with one attached hydrogen (secondary N) is 1. The summed E-state index contributed by atoms with van der Waals surface area (Å²) in [5.74, 6) is 0.550. The van der Waals surface area contributed by atoms with Gasteiger partial charge in [-0.2, -0.15) is 0 Å². The lowest BCUT2D eigenvalue weighted by Gasteiger charge is -2.28. The zero-order valence-electron chi connectivity index (χ0n) is 11.7. The summed E-state index contributed by atoms with van der Waals surface area (Å²) < 4.78 is 0. The van der Waals surface area contributed by atoms with Crippen molar-refractivity contribution in [1.29, 1.82) is 0 Å². The Labute approximate surface area is 130 Å². The van der Waals surface area contributed by atoms with Gasteiger partial charge in [0.05, 0.1) is 10.0 Å². The molecule has 1 atom stereocenters. The molecule has 5 heteroatoms. The fourth-order valence-corrected chi connectivity index (χ4v) is 2.80. The van der Waals surface area contributed by atoms with Crippen LogP contribution in [0.4, 0.5) is 0 Å². The van der Waals surface area contributed by atoms with E-state index in [0.29, 0.717) is 22.4 Å². The van der Waals surface area contributed by atoms with E-state index in [4.69, 9.17) is 23.2 Å². The number of rotatable bonds is 4. The Morgan fingerprint density at radius 3 is 2.65 bits per heavy atom. The minimum Gasteiger partial charge on any atom is -0.340 e. The molecular formula is C15H20Cl2N2O. The highest BCUT2D eigenvalue weighted by Crippen LogP contribution is 2.24. The number of nitrogens with zero attached hydrogens (tertiary/aromatic N) is 1. The number of halogens is 2. The SMILES string of the molecule is CC(CC(=O)N1CCNCC1)Cc1ccc(Cl)c(Cl)c1. The minimum atomic E-state index is 0.249. The molecule has 0 saturated carbocycles. The van der Waals surface area contributed by atoms with Crippen molar-refractivity contribution in [2.45, 2.75) is 19.8 Å². The Hall–Kier alpha value is -0.770. The van der Waals surface area contributed by atoms with Crippen LogP contribution in [0.1, 0.15) is 18.9 Å². The van der Waals surface area contributed by atoms with Crippen molar-refractivity contribution < 1.29 is 4.79 Å². The molecule has 1 aromatic rings. The molecule has 20 heavy (non-hydrogen) atoms. The molecule has 1 amide bonds. The quantitative estimate of drug-likeness (QED) is 0.926. The van der Waals surface area contributed by atoms with Crippen molar-refractivity contribution in [3.63, 3.8) is 0 Å². The van der Waals surface area contributed by atoms with Gasteiger partial charge in [0, 0.05) is 32.6 Å². The number of piperazine rings is 1. The highest BCUT2D eigenvalue weighted by atomic mass is 35.5. The van der Waals surface area contributed by atoms with E-state index in [2.05, 4.69) is 12.2 Å². The summed E-state index contributed by atoms with van der Waals surface area (Å²) in [5.41, 5.74) is 1.13.